The summed E-state index contributed by atoms with van der Waals surface area (Å²) >= 11 is 1.33. The Morgan fingerprint density at radius 1 is 1.56 bits per heavy atom. The molecule has 6 nitrogen and oxygen atoms in total. The lowest BCUT2D eigenvalue weighted by molar-refractivity contribution is 0.0714. The first kappa shape index (κ1) is 13.1. The van der Waals surface area contributed by atoms with Gasteiger partial charge in [-0.25, -0.2) is 4.98 Å². The van der Waals surface area contributed by atoms with E-state index in [0.717, 1.165) is 24.5 Å². The Bertz CT molecular complexity index is 445. The van der Waals surface area contributed by atoms with Crippen molar-refractivity contribution in [3.63, 3.8) is 0 Å². The average Bonchev–Trinajstić information content (AvgIpc) is 2.70. The first-order chi connectivity index (χ1) is 8.49. The maximum absolute atomic E-state index is 12.3. The van der Waals surface area contributed by atoms with Gasteiger partial charge in [0, 0.05) is 33.2 Å². The summed E-state index contributed by atoms with van der Waals surface area (Å²) < 4.78 is 0. The van der Waals surface area contributed by atoms with Crippen LogP contribution in [0.5, 0.6) is 0 Å². The summed E-state index contributed by atoms with van der Waals surface area (Å²) in [6, 6.07) is 0.0742. The van der Waals surface area contributed by atoms with E-state index in [-0.39, 0.29) is 11.9 Å². The Labute approximate surface area is 111 Å². The number of thiazole rings is 1. The zero-order valence-electron chi connectivity index (χ0n) is 10.7. The molecule has 0 aromatic carbocycles. The Morgan fingerprint density at radius 2 is 2.28 bits per heavy atom. The second-order valence-corrected chi connectivity index (χ2v) is 5.74. The molecule has 0 aliphatic carbocycles. The van der Waals surface area contributed by atoms with Gasteiger partial charge in [-0.2, -0.15) is 0 Å². The molecule has 1 atom stereocenters. The van der Waals surface area contributed by atoms with Gasteiger partial charge < -0.3 is 21.3 Å². The van der Waals surface area contributed by atoms with Crippen LogP contribution in [-0.4, -0.2) is 49.0 Å². The molecule has 1 amide bonds. The smallest absolute Gasteiger partial charge is 0.267 e. The lowest BCUT2D eigenvalue weighted by Crippen LogP contribution is -2.45. The van der Waals surface area contributed by atoms with E-state index in [1.165, 1.54) is 11.3 Å². The molecule has 2 heterocycles. The molecule has 1 aromatic rings. The molecule has 0 spiro atoms. The number of carbonyl (C=O) groups is 1. The SMILES string of the molecule is CN(C)c1nc(N)c(C(=O)N2CCCC(N)C2)s1. The van der Waals surface area contributed by atoms with Crippen molar-refractivity contribution in [1.82, 2.24) is 9.88 Å². The molecule has 100 valence electrons. The van der Waals surface area contributed by atoms with Gasteiger partial charge in [-0.1, -0.05) is 11.3 Å². The summed E-state index contributed by atoms with van der Waals surface area (Å²) in [5.74, 6) is 0.265. The summed E-state index contributed by atoms with van der Waals surface area (Å²) in [5, 5.41) is 0.747. The Kier molecular flexibility index (Phi) is 3.72. The fourth-order valence-electron chi connectivity index (χ4n) is 2.00. The number of carbonyl (C=O) groups excluding carboxylic acids is 1. The number of piperidine rings is 1. The molecule has 0 saturated carbocycles. The van der Waals surface area contributed by atoms with Crippen molar-refractivity contribution in [3.05, 3.63) is 4.88 Å². The predicted molar refractivity (Wildman–Crippen MR) is 74.0 cm³/mol. The van der Waals surface area contributed by atoms with Crippen LogP contribution in [0.25, 0.3) is 0 Å². The largest absolute Gasteiger partial charge is 0.382 e. The number of likely N-dealkylation sites (tertiary alicyclic amines) is 1. The van der Waals surface area contributed by atoms with E-state index >= 15 is 0 Å². The van der Waals surface area contributed by atoms with Crippen molar-refractivity contribution in [3.8, 4) is 0 Å². The zero-order chi connectivity index (χ0) is 13.3. The Balaban J connectivity index is 2.17. The van der Waals surface area contributed by atoms with Gasteiger partial charge in [0.05, 0.1) is 0 Å². The third-order valence-electron chi connectivity index (χ3n) is 2.96. The zero-order valence-corrected chi connectivity index (χ0v) is 11.5. The molecular weight excluding hydrogens is 250 g/mol. The van der Waals surface area contributed by atoms with Crippen molar-refractivity contribution in [2.45, 2.75) is 18.9 Å². The molecule has 1 aliphatic heterocycles. The van der Waals surface area contributed by atoms with E-state index in [0.29, 0.717) is 17.2 Å². The molecule has 1 unspecified atom stereocenters. The fraction of sp³-hybridized carbons (Fsp3) is 0.636. The summed E-state index contributed by atoms with van der Waals surface area (Å²) in [5.41, 5.74) is 11.7. The van der Waals surface area contributed by atoms with Gasteiger partial charge >= 0.3 is 0 Å². The van der Waals surface area contributed by atoms with Gasteiger partial charge in [0.1, 0.15) is 10.7 Å². The van der Waals surface area contributed by atoms with E-state index < -0.39 is 0 Å². The van der Waals surface area contributed by atoms with E-state index in [1.54, 1.807) is 4.90 Å². The van der Waals surface area contributed by atoms with E-state index in [1.807, 2.05) is 19.0 Å². The van der Waals surface area contributed by atoms with Crippen LogP contribution in [0.15, 0.2) is 0 Å². The van der Waals surface area contributed by atoms with Crippen molar-refractivity contribution in [2.75, 3.05) is 37.8 Å². The normalized spacial score (nSPS) is 19.9. The molecule has 1 aliphatic rings. The molecule has 0 radical (unpaired) electrons. The van der Waals surface area contributed by atoms with E-state index in [4.69, 9.17) is 11.5 Å². The number of amides is 1. The topological polar surface area (TPSA) is 88.5 Å². The van der Waals surface area contributed by atoms with Gasteiger partial charge in [-0.15, -0.1) is 0 Å². The van der Waals surface area contributed by atoms with Crippen LogP contribution >= 0.6 is 11.3 Å². The van der Waals surface area contributed by atoms with Crippen LogP contribution < -0.4 is 16.4 Å². The number of anilines is 2. The first-order valence-electron chi connectivity index (χ1n) is 5.97. The third kappa shape index (κ3) is 2.56. The second kappa shape index (κ2) is 5.11. The number of hydrogen-bond donors (Lipinski definition) is 2. The van der Waals surface area contributed by atoms with Crippen molar-refractivity contribution < 1.29 is 4.79 Å². The Hall–Kier alpha value is -1.34. The predicted octanol–water partition coefficient (Wildman–Crippen LogP) is 0.355. The molecule has 18 heavy (non-hydrogen) atoms. The molecular formula is C11H19N5OS. The highest BCUT2D eigenvalue weighted by Gasteiger charge is 2.26. The van der Waals surface area contributed by atoms with Crippen LogP contribution in [0.1, 0.15) is 22.5 Å². The summed E-state index contributed by atoms with van der Waals surface area (Å²) in [6.45, 7) is 1.36. The maximum Gasteiger partial charge on any atom is 0.267 e. The number of nitrogen functional groups attached to an aromatic ring is 1. The quantitative estimate of drug-likeness (QED) is 0.809. The lowest BCUT2D eigenvalue weighted by atomic mass is 10.1. The molecule has 2 rings (SSSR count). The molecule has 0 bridgehead atoms. The third-order valence-corrected chi connectivity index (χ3v) is 4.19. The van der Waals surface area contributed by atoms with Gasteiger partial charge in [0.2, 0.25) is 0 Å². The molecule has 1 aromatic heterocycles. The van der Waals surface area contributed by atoms with Crippen LogP contribution in [0.3, 0.4) is 0 Å². The highest BCUT2D eigenvalue weighted by atomic mass is 32.1. The lowest BCUT2D eigenvalue weighted by Gasteiger charge is -2.30. The van der Waals surface area contributed by atoms with Crippen molar-refractivity contribution in [2.24, 2.45) is 5.73 Å². The monoisotopic (exact) mass is 269 g/mol. The highest BCUT2D eigenvalue weighted by molar-refractivity contribution is 7.18. The minimum atomic E-state index is -0.0479. The molecule has 7 heteroatoms. The van der Waals surface area contributed by atoms with Crippen LogP contribution in [0.4, 0.5) is 10.9 Å². The number of rotatable bonds is 2. The van der Waals surface area contributed by atoms with Crippen molar-refractivity contribution >= 4 is 28.2 Å². The maximum atomic E-state index is 12.3. The Morgan fingerprint density at radius 3 is 2.83 bits per heavy atom. The summed E-state index contributed by atoms with van der Waals surface area (Å²) in [7, 11) is 3.76. The number of nitrogens with zero attached hydrogens (tertiary/aromatic N) is 3. The van der Waals surface area contributed by atoms with Gasteiger partial charge in [0.15, 0.2) is 5.13 Å². The first-order valence-corrected chi connectivity index (χ1v) is 6.79. The van der Waals surface area contributed by atoms with Crippen LogP contribution in [0.2, 0.25) is 0 Å². The standard InChI is InChI=1S/C11H19N5OS/c1-15(2)11-14-9(13)8(18-11)10(17)16-5-3-4-7(12)6-16/h7H,3-6,12-13H2,1-2H3. The number of hydrogen-bond acceptors (Lipinski definition) is 6. The minimum absolute atomic E-state index is 0.0479. The van der Waals surface area contributed by atoms with Gasteiger partial charge in [-0.3, -0.25) is 4.79 Å². The molecule has 4 N–H and O–H groups in total. The molecule has 1 saturated heterocycles. The fourth-order valence-corrected chi connectivity index (χ4v) is 2.88. The summed E-state index contributed by atoms with van der Waals surface area (Å²) in [6.07, 6.45) is 1.93. The van der Waals surface area contributed by atoms with E-state index in [2.05, 4.69) is 4.98 Å². The van der Waals surface area contributed by atoms with Crippen molar-refractivity contribution in [1.29, 1.82) is 0 Å². The summed E-state index contributed by atoms with van der Waals surface area (Å²) in [4.78, 5) is 20.7. The minimum Gasteiger partial charge on any atom is -0.382 e. The van der Waals surface area contributed by atoms with Crippen LogP contribution in [-0.2, 0) is 0 Å². The van der Waals surface area contributed by atoms with Gasteiger partial charge in [0.25, 0.3) is 5.91 Å². The average molecular weight is 269 g/mol. The van der Waals surface area contributed by atoms with Gasteiger partial charge in [-0.05, 0) is 12.8 Å². The van der Waals surface area contributed by atoms with Crippen LogP contribution in [0, 0.1) is 0 Å². The molecule has 1 fully saturated rings. The number of nitrogens with two attached hydrogens (primary N) is 2. The number of aromatic nitrogens is 1. The highest BCUT2D eigenvalue weighted by Crippen LogP contribution is 2.28. The second-order valence-electron chi connectivity index (χ2n) is 4.76. The van der Waals surface area contributed by atoms with E-state index in [9.17, 15) is 4.79 Å².